The molecule has 122 valence electrons. The number of ether oxygens (including phenoxy) is 1. The molecule has 4 heteroatoms. The highest BCUT2D eigenvalue weighted by Gasteiger charge is 2.23. The Morgan fingerprint density at radius 2 is 1.75 bits per heavy atom. The molecular weight excluding hydrogens is 302 g/mol. The number of rotatable bonds is 6. The Morgan fingerprint density at radius 3 is 2.42 bits per heavy atom. The van der Waals surface area contributed by atoms with Crippen LogP contribution in [0.1, 0.15) is 34.3 Å². The molecule has 1 saturated carbocycles. The number of nitrogens with one attached hydrogen (secondary N) is 1. The van der Waals surface area contributed by atoms with Crippen molar-refractivity contribution in [3.05, 3.63) is 77.4 Å². The highest BCUT2D eigenvalue weighted by Crippen LogP contribution is 2.19. The molecule has 0 heterocycles. The molecule has 0 bridgehead atoms. The van der Waals surface area contributed by atoms with Gasteiger partial charge in [0.25, 0.3) is 5.91 Å². The van der Waals surface area contributed by atoms with Crippen LogP contribution < -0.4 is 5.32 Å². The number of carbonyl (C=O) groups is 2. The minimum Gasteiger partial charge on any atom is -0.458 e. The van der Waals surface area contributed by atoms with Gasteiger partial charge < -0.3 is 10.1 Å². The van der Waals surface area contributed by atoms with Crippen LogP contribution in [0.5, 0.6) is 0 Å². The maximum atomic E-state index is 11.9. The van der Waals surface area contributed by atoms with Crippen molar-refractivity contribution in [3.8, 4) is 0 Å². The number of hydrogen-bond acceptors (Lipinski definition) is 3. The Hall–Kier alpha value is -2.88. The van der Waals surface area contributed by atoms with Crippen LogP contribution in [0.15, 0.2) is 60.7 Å². The van der Waals surface area contributed by atoms with Crippen LogP contribution in [0.2, 0.25) is 0 Å². The average molecular weight is 321 g/mol. The Morgan fingerprint density at radius 1 is 1.04 bits per heavy atom. The lowest BCUT2D eigenvalue weighted by molar-refractivity contribution is -0.138. The minimum absolute atomic E-state index is 0.0460. The summed E-state index contributed by atoms with van der Waals surface area (Å²) in [5.74, 6) is -0.440. The van der Waals surface area contributed by atoms with Crippen molar-refractivity contribution in [2.75, 3.05) is 0 Å². The van der Waals surface area contributed by atoms with Crippen molar-refractivity contribution in [3.63, 3.8) is 0 Å². The van der Waals surface area contributed by atoms with E-state index in [1.807, 2.05) is 42.5 Å². The van der Waals surface area contributed by atoms with Crippen LogP contribution in [-0.4, -0.2) is 17.9 Å². The first-order chi connectivity index (χ1) is 11.7. The van der Waals surface area contributed by atoms with Gasteiger partial charge in [0.2, 0.25) is 0 Å². The molecule has 1 N–H and O–H groups in total. The predicted molar refractivity (Wildman–Crippen MR) is 92.2 cm³/mol. The summed E-state index contributed by atoms with van der Waals surface area (Å²) in [5, 5.41) is 2.94. The van der Waals surface area contributed by atoms with Crippen molar-refractivity contribution in [2.24, 2.45) is 0 Å². The van der Waals surface area contributed by atoms with E-state index in [1.165, 1.54) is 6.08 Å². The van der Waals surface area contributed by atoms with E-state index in [2.05, 4.69) is 5.32 Å². The molecule has 0 aliphatic heterocycles. The van der Waals surface area contributed by atoms with Crippen LogP contribution >= 0.6 is 0 Å². The van der Waals surface area contributed by atoms with E-state index in [9.17, 15) is 9.59 Å². The Kier molecular flexibility index (Phi) is 5.06. The van der Waals surface area contributed by atoms with Crippen molar-refractivity contribution in [1.82, 2.24) is 5.32 Å². The van der Waals surface area contributed by atoms with Crippen molar-refractivity contribution >= 4 is 18.0 Å². The Balaban J connectivity index is 1.50. The second-order valence-corrected chi connectivity index (χ2v) is 5.80. The van der Waals surface area contributed by atoms with Gasteiger partial charge in [-0.05, 0) is 42.2 Å². The molecule has 0 atom stereocenters. The fourth-order valence-electron chi connectivity index (χ4n) is 2.18. The summed E-state index contributed by atoms with van der Waals surface area (Å²) in [6, 6.07) is 17.0. The summed E-state index contributed by atoms with van der Waals surface area (Å²) < 4.78 is 5.17. The molecule has 1 amide bonds. The summed E-state index contributed by atoms with van der Waals surface area (Å²) in [6.07, 6.45) is 5.20. The molecule has 0 saturated heterocycles. The van der Waals surface area contributed by atoms with Gasteiger partial charge in [-0.3, -0.25) is 4.79 Å². The van der Waals surface area contributed by atoms with Gasteiger partial charge in [-0.25, -0.2) is 4.79 Å². The summed E-state index contributed by atoms with van der Waals surface area (Å²) in [7, 11) is 0. The topological polar surface area (TPSA) is 55.4 Å². The third-order valence-corrected chi connectivity index (χ3v) is 3.72. The molecule has 2 aromatic carbocycles. The second-order valence-electron chi connectivity index (χ2n) is 5.80. The molecular formula is C20H19NO3. The zero-order chi connectivity index (χ0) is 16.8. The van der Waals surface area contributed by atoms with E-state index in [4.69, 9.17) is 4.74 Å². The first-order valence-electron chi connectivity index (χ1n) is 8.00. The second kappa shape index (κ2) is 7.59. The van der Waals surface area contributed by atoms with Crippen LogP contribution in [0, 0.1) is 0 Å². The number of amides is 1. The number of carbonyl (C=O) groups excluding carboxylic acids is 2. The van der Waals surface area contributed by atoms with Crippen LogP contribution in [-0.2, 0) is 16.1 Å². The highest BCUT2D eigenvalue weighted by molar-refractivity contribution is 5.95. The van der Waals surface area contributed by atoms with Gasteiger partial charge in [0, 0.05) is 17.7 Å². The molecule has 2 aromatic rings. The molecule has 0 radical (unpaired) electrons. The van der Waals surface area contributed by atoms with Gasteiger partial charge in [-0.2, -0.15) is 0 Å². The minimum atomic E-state index is -0.394. The Bertz CT molecular complexity index is 731. The quantitative estimate of drug-likeness (QED) is 0.656. The summed E-state index contributed by atoms with van der Waals surface area (Å²) in [5.41, 5.74) is 2.42. The molecule has 3 rings (SSSR count). The SMILES string of the molecule is O=C(C=Cc1ccc(C(=O)NC2CC2)cc1)OCc1ccccc1. The summed E-state index contributed by atoms with van der Waals surface area (Å²) >= 11 is 0. The molecule has 1 aliphatic rings. The molecule has 1 fully saturated rings. The molecule has 0 spiro atoms. The van der Waals surface area contributed by atoms with Gasteiger partial charge in [0.05, 0.1) is 0 Å². The van der Waals surface area contributed by atoms with Crippen molar-refractivity contribution < 1.29 is 14.3 Å². The predicted octanol–water partition coefficient (Wildman–Crippen LogP) is 3.34. The summed E-state index contributed by atoms with van der Waals surface area (Å²) in [4.78, 5) is 23.6. The van der Waals surface area contributed by atoms with Crippen LogP contribution in [0.25, 0.3) is 6.08 Å². The smallest absolute Gasteiger partial charge is 0.331 e. The van der Waals surface area contributed by atoms with E-state index < -0.39 is 5.97 Å². The highest BCUT2D eigenvalue weighted by atomic mass is 16.5. The fraction of sp³-hybridized carbons (Fsp3) is 0.200. The van der Waals surface area contributed by atoms with Crippen LogP contribution in [0.4, 0.5) is 0 Å². The monoisotopic (exact) mass is 321 g/mol. The van der Waals surface area contributed by atoms with E-state index in [1.54, 1.807) is 18.2 Å². The van der Waals surface area contributed by atoms with Gasteiger partial charge in [0.15, 0.2) is 0 Å². The van der Waals surface area contributed by atoms with E-state index in [-0.39, 0.29) is 12.5 Å². The molecule has 0 unspecified atom stereocenters. The van der Waals surface area contributed by atoms with Crippen LogP contribution in [0.3, 0.4) is 0 Å². The maximum absolute atomic E-state index is 11.9. The zero-order valence-corrected chi connectivity index (χ0v) is 13.3. The standard InChI is InChI=1S/C20H19NO3/c22-19(24-14-16-4-2-1-3-5-16)13-8-15-6-9-17(10-7-15)20(23)21-18-11-12-18/h1-10,13,18H,11-12,14H2,(H,21,23). The molecule has 24 heavy (non-hydrogen) atoms. The number of benzene rings is 2. The lowest BCUT2D eigenvalue weighted by Crippen LogP contribution is -2.25. The van der Waals surface area contributed by atoms with Gasteiger partial charge in [-0.15, -0.1) is 0 Å². The third-order valence-electron chi connectivity index (χ3n) is 3.72. The average Bonchev–Trinajstić information content (AvgIpc) is 3.43. The van der Waals surface area contributed by atoms with Gasteiger partial charge >= 0.3 is 5.97 Å². The first kappa shape index (κ1) is 16.0. The Labute approximate surface area is 141 Å². The van der Waals surface area contributed by atoms with E-state index in [0.29, 0.717) is 11.6 Å². The van der Waals surface area contributed by atoms with Gasteiger partial charge in [-0.1, -0.05) is 42.5 Å². The number of esters is 1. The molecule has 0 aromatic heterocycles. The van der Waals surface area contributed by atoms with E-state index in [0.717, 1.165) is 24.0 Å². The lowest BCUT2D eigenvalue weighted by atomic mass is 10.1. The molecule has 1 aliphatic carbocycles. The van der Waals surface area contributed by atoms with Crippen molar-refractivity contribution in [1.29, 1.82) is 0 Å². The fourth-order valence-corrected chi connectivity index (χ4v) is 2.18. The molecule has 4 nitrogen and oxygen atoms in total. The zero-order valence-electron chi connectivity index (χ0n) is 13.3. The van der Waals surface area contributed by atoms with Crippen molar-refractivity contribution in [2.45, 2.75) is 25.5 Å². The third kappa shape index (κ3) is 4.81. The van der Waals surface area contributed by atoms with Gasteiger partial charge in [0.1, 0.15) is 6.61 Å². The lowest BCUT2D eigenvalue weighted by Gasteiger charge is -2.03. The number of hydrogen-bond donors (Lipinski definition) is 1. The summed E-state index contributed by atoms with van der Waals surface area (Å²) in [6.45, 7) is 0.254. The largest absolute Gasteiger partial charge is 0.458 e. The first-order valence-corrected chi connectivity index (χ1v) is 8.00. The van der Waals surface area contributed by atoms with E-state index >= 15 is 0 Å². The normalized spacial score (nSPS) is 13.7. The maximum Gasteiger partial charge on any atom is 0.331 e.